The second-order valence-corrected chi connectivity index (χ2v) is 5.67. The third-order valence-electron chi connectivity index (χ3n) is 3.89. The van der Waals surface area contributed by atoms with Crippen LogP contribution in [0.4, 0.5) is 0 Å². The molecule has 0 aromatic heterocycles. The van der Waals surface area contributed by atoms with Crippen molar-refractivity contribution in [2.45, 2.75) is 51.6 Å². The third kappa shape index (κ3) is 4.27. The monoisotopic (exact) mass is 273 g/mol. The number of carbonyl (C=O) groups excluding carboxylic acids is 2. The van der Waals surface area contributed by atoms with Crippen molar-refractivity contribution < 1.29 is 9.59 Å². The van der Waals surface area contributed by atoms with Gasteiger partial charge in [0.05, 0.1) is 12.5 Å². The van der Waals surface area contributed by atoms with Gasteiger partial charge in [0.1, 0.15) is 5.78 Å². The van der Waals surface area contributed by atoms with Gasteiger partial charge in [-0.1, -0.05) is 43.2 Å². The largest absolute Gasteiger partial charge is 0.300 e. The van der Waals surface area contributed by atoms with Crippen molar-refractivity contribution in [3.63, 3.8) is 0 Å². The summed E-state index contributed by atoms with van der Waals surface area (Å²) in [6, 6.07) is 10.2. The fourth-order valence-corrected chi connectivity index (χ4v) is 2.90. The second kappa shape index (κ2) is 7.34. The number of rotatable bonds is 5. The summed E-state index contributed by atoms with van der Waals surface area (Å²) in [5, 5.41) is 0. The van der Waals surface area contributed by atoms with Crippen LogP contribution in [0.15, 0.2) is 30.3 Å². The van der Waals surface area contributed by atoms with Crippen LogP contribution >= 0.6 is 0 Å². The lowest BCUT2D eigenvalue weighted by Gasteiger charge is -2.28. The van der Waals surface area contributed by atoms with Gasteiger partial charge >= 0.3 is 0 Å². The van der Waals surface area contributed by atoms with Crippen molar-refractivity contribution in [2.75, 3.05) is 6.54 Å². The smallest absolute Gasteiger partial charge is 0.157 e. The maximum absolute atomic E-state index is 12.3. The van der Waals surface area contributed by atoms with Gasteiger partial charge in [0, 0.05) is 6.54 Å². The molecule has 1 aromatic rings. The fraction of sp³-hybridized carbons (Fsp3) is 0.529. The number of carbonyl (C=O) groups is 2. The van der Waals surface area contributed by atoms with E-state index < -0.39 is 0 Å². The molecule has 1 fully saturated rings. The van der Waals surface area contributed by atoms with E-state index >= 15 is 0 Å². The molecular weight excluding hydrogens is 250 g/mol. The van der Waals surface area contributed by atoms with Crippen molar-refractivity contribution in [2.24, 2.45) is 0 Å². The maximum Gasteiger partial charge on any atom is 0.157 e. The average Bonchev–Trinajstić information content (AvgIpc) is 2.64. The normalized spacial score (nSPS) is 20.4. The highest BCUT2D eigenvalue weighted by Gasteiger charge is 2.27. The zero-order valence-corrected chi connectivity index (χ0v) is 12.2. The molecule has 1 aliphatic rings. The Morgan fingerprint density at radius 3 is 2.60 bits per heavy atom. The molecule has 0 amide bonds. The first kappa shape index (κ1) is 14.9. The molecule has 1 saturated heterocycles. The first-order valence-corrected chi connectivity index (χ1v) is 7.47. The van der Waals surface area contributed by atoms with Crippen LogP contribution in [0.3, 0.4) is 0 Å². The topological polar surface area (TPSA) is 37.4 Å². The second-order valence-electron chi connectivity index (χ2n) is 5.67. The van der Waals surface area contributed by atoms with Crippen molar-refractivity contribution in [3.8, 4) is 0 Å². The molecule has 0 saturated carbocycles. The summed E-state index contributed by atoms with van der Waals surface area (Å²) in [5.41, 5.74) is 1.23. The van der Waals surface area contributed by atoms with Crippen LogP contribution in [0.5, 0.6) is 0 Å². The van der Waals surface area contributed by atoms with Gasteiger partial charge < -0.3 is 0 Å². The van der Waals surface area contributed by atoms with E-state index in [0.29, 0.717) is 0 Å². The van der Waals surface area contributed by atoms with Gasteiger partial charge in [-0.3, -0.25) is 14.5 Å². The van der Waals surface area contributed by atoms with Gasteiger partial charge in [0.25, 0.3) is 0 Å². The number of hydrogen-bond donors (Lipinski definition) is 0. The van der Waals surface area contributed by atoms with Crippen LogP contribution < -0.4 is 0 Å². The summed E-state index contributed by atoms with van der Waals surface area (Å²) >= 11 is 0. The Morgan fingerprint density at radius 2 is 1.90 bits per heavy atom. The Bertz CT molecular complexity index is 455. The minimum absolute atomic E-state index is 0.0288. The van der Waals surface area contributed by atoms with Crippen molar-refractivity contribution in [3.05, 3.63) is 35.9 Å². The Balaban J connectivity index is 2.08. The molecule has 0 bridgehead atoms. The Kier molecular flexibility index (Phi) is 5.48. The number of benzene rings is 1. The summed E-state index contributed by atoms with van der Waals surface area (Å²) in [5.74, 6) is 0.0641. The number of likely N-dealkylation sites (tertiary alicyclic amines) is 1. The zero-order chi connectivity index (χ0) is 14.4. The summed E-state index contributed by atoms with van der Waals surface area (Å²) in [6.45, 7) is 3.24. The summed E-state index contributed by atoms with van der Waals surface area (Å²) in [7, 11) is 0. The summed E-state index contributed by atoms with van der Waals surface area (Å²) in [6.07, 6.45) is 4.36. The molecule has 1 aliphatic heterocycles. The molecule has 3 heteroatoms. The van der Waals surface area contributed by atoms with Crippen molar-refractivity contribution in [1.82, 2.24) is 4.90 Å². The Morgan fingerprint density at radius 1 is 1.15 bits per heavy atom. The van der Waals surface area contributed by atoms with E-state index in [2.05, 4.69) is 17.0 Å². The van der Waals surface area contributed by atoms with Crippen molar-refractivity contribution in [1.29, 1.82) is 0 Å². The molecule has 108 valence electrons. The summed E-state index contributed by atoms with van der Waals surface area (Å²) < 4.78 is 0. The Hall–Kier alpha value is -1.48. The van der Waals surface area contributed by atoms with E-state index in [1.165, 1.54) is 18.9 Å². The molecular formula is C17H23NO2. The minimum atomic E-state index is -0.0818. The van der Waals surface area contributed by atoms with Crippen LogP contribution in [-0.4, -0.2) is 29.1 Å². The molecule has 0 spiro atoms. The lowest BCUT2D eigenvalue weighted by Crippen LogP contribution is -2.40. The van der Waals surface area contributed by atoms with Crippen LogP contribution in [0.2, 0.25) is 0 Å². The number of hydrogen-bond acceptors (Lipinski definition) is 3. The highest BCUT2D eigenvalue weighted by atomic mass is 16.1. The van der Waals surface area contributed by atoms with E-state index in [-0.39, 0.29) is 24.0 Å². The molecule has 1 atom stereocenters. The molecule has 0 N–H and O–H groups in total. The van der Waals surface area contributed by atoms with E-state index in [9.17, 15) is 9.59 Å². The van der Waals surface area contributed by atoms with E-state index in [1.807, 2.05) is 18.2 Å². The number of Topliss-reactive ketones (excluding diaryl/α,β-unsaturated/α-hetero) is 2. The molecule has 3 nitrogen and oxygen atoms in total. The first-order valence-electron chi connectivity index (χ1n) is 7.47. The molecule has 20 heavy (non-hydrogen) atoms. The molecule has 2 rings (SSSR count). The predicted octanol–water partition coefficient (Wildman–Crippen LogP) is 2.98. The van der Waals surface area contributed by atoms with Gasteiger partial charge in [-0.15, -0.1) is 0 Å². The minimum Gasteiger partial charge on any atom is -0.300 e. The van der Waals surface area contributed by atoms with Gasteiger partial charge in [-0.05, 0) is 31.9 Å². The maximum atomic E-state index is 12.3. The highest BCUT2D eigenvalue weighted by molar-refractivity contribution is 6.00. The average molecular weight is 273 g/mol. The third-order valence-corrected chi connectivity index (χ3v) is 3.89. The molecule has 0 radical (unpaired) electrons. The van der Waals surface area contributed by atoms with Gasteiger partial charge in [0.15, 0.2) is 5.78 Å². The van der Waals surface area contributed by atoms with Gasteiger partial charge in [-0.25, -0.2) is 0 Å². The lowest BCUT2D eigenvalue weighted by molar-refractivity contribution is -0.129. The van der Waals surface area contributed by atoms with Crippen molar-refractivity contribution >= 4 is 11.6 Å². The highest BCUT2D eigenvalue weighted by Crippen LogP contribution is 2.21. The van der Waals surface area contributed by atoms with Gasteiger partial charge in [-0.2, -0.15) is 0 Å². The van der Waals surface area contributed by atoms with E-state index in [1.54, 1.807) is 0 Å². The van der Waals surface area contributed by atoms with E-state index in [4.69, 9.17) is 0 Å². The number of nitrogens with zero attached hydrogens (tertiary/aromatic N) is 1. The van der Waals surface area contributed by atoms with E-state index in [0.717, 1.165) is 32.4 Å². The van der Waals surface area contributed by atoms with Crippen LogP contribution in [0, 0.1) is 0 Å². The molecule has 1 aromatic carbocycles. The standard InChI is InChI=1S/C17H23NO2/c1-14(19)12-17(20)16-10-6-3-7-11-18(16)13-15-8-4-2-5-9-15/h2,4-5,8-9,16H,3,6-7,10-13H2,1H3. The Labute approximate surface area is 121 Å². The number of ketones is 2. The van der Waals surface area contributed by atoms with Gasteiger partial charge in [0.2, 0.25) is 0 Å². The molecule has 0 aliphatic carbocycles. The van der Waals surface area contributed by atoms with Crippen LogP contribution in [0.25, 0.3) is 0 Å². The molecule has 1 heterocycles. The quantitative estimate of drug-likeness (QED) is 0.774. The SMILES string of the molecule is CC(=O)CC(=O)C1CCCCCN1Cc1ccccc1. The predicted molar refractivity (Wildman–Crippen MR) is 79.4 cm³/mol. The fourth-order valence-electron chi connectivity index (χ4n) is 2.90. The summed E-state index contributed by atoms with van der Waals surface area (Å²) in [4.78, 5) is 25.8. The molecule has 1 unspecified atom stereocenters. The zero-order valence-electron chi connectivity index (χ0n) is 12.2. The van der Waals surface area contributed by atoms with Crippen LogP contribution in [0.1, 0.15) is 44.6 Å². The first-order chi connectivity index (χ1) is 9.66. The lowest BCUT2D eigenvalue weighted by atomic mass is 10.0. The van der Waals surface area contributed by atoms with Crippen LogP contribution in [-0.2, 0) is 16.1 Å².